The van der Waals surface area contributed by atoms with E-state index in [0.29, 0.717) is 27.9 Å². The molecule has 0 radical (unpaired) electrons. The van der Waals surface area contributed by atoms with Crippen molar-refractivity contribution in [2.24, 2.45) is 0 Å². The minimum Gasteiger partial charge on any atom is -0.349 e. The van der Waals surface area contributed by atoms with Gasteiger partial charge in [-0.2, -0.15) is 0 Å². The maximum absolute atomic E-state index is 13.0. The second-order valence-corrected chi connectivity index (χ2v) is 8.35. The molecule has 1 fully saturated rings. The Balaban J connectivity index is 2.18. The number of carbonyl (C=O) groups is 2. The van der Waals surface area contributed by atoms with Crippen LogP contribution in [0.25, 0.3) is 0 Å². The normalized spacial score (nSPS) is 20.2. The first kappa shape index (κ1) is 20.4. The molecule has 1 aromatic rings. The topological polar surface area (TPSA) is 53.9 Å². The fourth-order valence-electron chi connectivity index (χ4n) is 2.71. The van der Waals surface area contributed by atoms with Crippen LogP contribution in [0, 0.1) is 0 Å². The molecule has 0 bridgehead atoms. The van der Waals surface area contributed by atoms with Gasteiger partial charge in [-0.25, -0.2) is 0 Å². The molecule has 138 valence electrons. The van der Waals surface area contributed by atoms with Gasteiger partial charge in [0.1, 0.15) is 6.04 Å². The van der Waals surface area contributed by atoms with Crippen molar-refractivity contribution in [3.05, 3.63) is 33.8 Å². The lowest BCUT2D eigenvalue weighted by atomic mass is 10.1. The Hall–Kier alpha value is -0.950. The zero-order chi connectivity index (χ0) is 18.6. The summed E-state index contributed by atoms with van der Waals surface area (Å²) in [5.41, 5.74) is 0.377. The lowest BCUT2D eigenvalue weighted by Gasteiger charge is -2.28. The molecule has 2 N–H and O–H groups in total. The lowest BCUT2D eigenvalue weighted by Crippen LogP contribution is -3.06. The van der Waals surface area contributed by atoms with Crippen molar-refractivity contribution in [2.75, 3.05) is 32.9 Å². The average Bonchev–Trinajstić information content (AvgIpc) is 2.97. The molecule has 5 nitrogen and oxygen atoms in total. The molecule has 2 rings (SSSR count). The van der Waals surface area contributed by atoms with E-state index in [-0.39, 0.29) is 17.2 Å². The number of hydrogen-bond acceptors (Lipinski definition) is 3. The average molecular weight is 405 g/mol. The Morgan fingerprint density at radius 1 is 1.36 bits per heavy atom. The van der Waals surface area contributed by atoms with Gasteiger partial charge in [0, 0.05) is 10.8 Å². The number of likely N-dealkylation sites (N-methyl/N-ethyl adjacent to an activating group) is 1. The molecule has 1 aromatic carbocycles. The predicted molar refractivity (Wildman–Crippen MR) is 104 cm³/mol. The molecular weight excluding hydrogens is 381 g/mol. The van der Waals surface area contributed by atoms with Crippen LogP contribution in [0.2, 0.25) is 10.0 Å². The Bertz CT molecular complexity index is 642. The summed E-state index contributed by atoms with van der Waals surface area (Å²) in [5.74, 6) is 0.260. The van der Waals surface area contributed by atoms with Gasteiger partial charge in [-0.1, -0.05) is 30.1 Å². The van der Waals surface area contributed by atoms with Gasteiger partial charge in [-0.3, -0.25) is 9.59 Å². The second-order valence-electron chi connectivity index (χ2n) is 6.30. The SMILES string of the molecule is CC[C@@H]1SC[C@H](C(=O)NCC[NH+](C)C)N1C(=O)c1ccc(Cl)cc1Cl. The van der Waals surface area contributed by atoms with Crippen molar-refractivity contribution < 1.29 is 14.5 Å². The third kappa shape index (κ3) is 5.03. The highest BCUT2D eigenvalue weighted by molar-refractivity contribution is 8.00. The molecule has 25 heavy (non-hydrogen) atoms. The molecule has 0 aromatic heterocycles. The van der Waals surface area contributed by atoms with Crippen molar-refractivity contribution in [2.45, 2.75) is 24.8 Å². The zero-order valence-corrected chi connectivity index (χ0v) is 17.0. The van der Waals surface area contributed by atoms with Crippen molar-refractivity contribution in [3.8, 4) is 0 Å². The molecule has 2 amide bonds. The van der Waals surface area contributed by atoms with Crippen molar-refractivity contribution in [1.82, 2.24) is 10.2 Å². The number of thioether (sulfide) groups is 1. The van der Waals surface area contributed by atoms with Crippen LogP contribution < -0.4 is 10.2 Å². The first-order valence-electron chi connectivity index (χ1n) is 8.31. The monoisotopic (exact) mass is 404 g/mol. The molecule has 0 saturated carbocycles. The molecule has 8 heteroatoms. The van der Waals surface area contributed by atoms with Crippen LogP contribution >= 0.6 is 35.0 Å². The summed E-state index contributed by atoms with van der Waals surface area (Å²) in [6, 6.07) is 4.33. The first-order valence-corrected chi connectivity index (χ1v) is 10.1. The number of nitrogens with one attached hydrogen (secondary N) is 2. The molecule has 0 spiro atoms. The molecule has 0 unspecified atom stereocenters. The van der Waals surface area contributed by atoms with Crippen LogP contribution in [0.1, 0.15) is 23.7 Å². The number of quaternary nitrogens is 1. The number of hydrogen-bond donors (Lipinski definition) is 2. The molecule has 1 aliphatic heterocycles. The lowest BCUT2D eigenvalue weighted by molar-refractivity contribution is -0.856. The molecule has 0 aliphatic carbocycles. The number of amides is 2. The van der Waals surface area contributed by atoms with E-state index in [0.717, 1.165) is 13.0 Å². The maximum Gasteiger partial charge on any atom is 0.256 e. The van der Waals surface area contributed by atoms with Crippen molar-refractivity contribution in [1.29, 1.82) is 0 Å². The molecule has 2 atom stereocenters. The molecular formula is C17H24Cl2N3O2S+. The number of benzene rings is 1. The van der Waals surface area contributed by atoms with E-state index in [1.54, 1.807) is 34.9 Å². The van der Waals surface area contributed by atoms with Crippen LogP contribution in [-0.2, 0) is 4.79 Å². The Morgan fingerprint density at radius 3 is 2.68 bits per heavy atom. The van der Waals surface area contributed by atoms with Crippen LogP contribution in [0.4, 0.5) is 0 Å². The standard InChI is InChI=1S/C17H23Cl2N3O2S/c1-4-15-22(17(24)12-6-5-11(18)9-13(12)19)14(10-25-15)16(23)20-7-8-21(2)3/h5-6,9,14-15H,4,7-8,10H2,1-3H3,(H,20,23)/p+1/t14-,15+/m1/s1. The minimum atomic E-state index is -0.480. The minimum absolute atomic E-state index is 0.0329. The second kappa shape index (κ2) is 9.12. The van der Waals surface area contributed by atoms with Crippen LogP contribution in [0.3, 0.4) is 0 Å². The number of halogens is 2. The Labute approximate surface area is 163 Å². The van der Waals surface area contributed by atoms with Gasteiger partial charge in [0.25, 0.3) is 5.91 Å². The van der Waals surface area contributed by atoms with Gasteiger partial charge >= 0.3 is 0 Å². The molecule has 1 saturated heterocycles. The van der Waals surface area contributed by atoms with Crippen LogP contribution in [0.5, 0.6) is 0 Å². The third-order valence-electron chi connectivity index (χ3n) is 4.06. The van der Waals surface area contributed by atoms with E-state index in [2.05, 4.69) is 5.32 Å². The number of carbonyl (C=O) groups excluding carboxylic acids is 2. The smallest absolute Gasteiger partial charge is 0.256 e. The Kier molecular flexibility index (Phi) is 7.43. The zero-order valence-electron chi connectivity index (χ0n) is 14.6. The Morgan fingerprint density at radius 2 is 2.08 bits per heavy atom. The van der Waals surface area contributed by atoms with E-state index >= 15 is 0 Å². The summed E-state index contributed by atoms with van der Waals surface area (Å²) in [6.07, 6.45) is 0.771. The van der Waals surface area contributed by atoms with E-state index in [9.17, 15) is 9.59 Å². The predicted octanol–water partition coefficient (Wildman–Crippen LogP) is 1.55. The summed E-state index contributed by atoms with van der Waals surface area (Å²) in [4.78, 5) is 28.6. The highest BCUT2D eigenvalue weighted by Crippen LogP contribution is 2.34. The van der Waals surface area contributed by atoms with E-state index in [4.69, 9.17) is 23.2 Å². The third-order valence-corrected chi connectivity index (χ3v) is 6.07. The van der Waals surface area contributed by atoms with E-state index in [1.165, 1.54) is 4.90 Å². The van der Waals surface area contributed by atoms with Gasteiger partial charge in [-0.15, -0.1) is 11.8 Å². The maximum atomic E-state index is 13.0. The van der Waals surface area contributed by atoms with Gasteiger partial charge in [0.2, 0.25) is 5.91 Å². The van der Waals surface area contributed by atoms with E-state index < -0.39 is 6.04 Å². The van der Waals surface area contributed by atoms with Gasteiger partial charge in [0.15, 0.2) is 0 Å². The van der Waals surface area contributed by atoms with E-state index in [1.807, 2.05) is 21.0 Å². The van der Waals surface area contributed by atoms with Crippen molar-refractivity contribution >= 4 is 46.8 Å². The summed E-state index contributed by atoms with van der Waals surface area (Å²) < 4.78 is 0. The summed E-state index contributed by atoms with van der Waals surface area (Å²) in [5, 5.41) is 3.69. The molecule has 1 heterocycles. The van der Waals surface area contributed by atoms with Crippen LogP contribution in [0.15, 0.2) is 18.2 Å². The van der Waals surface area contributed by atoms with Gasteiger partial charge in [0.05, 0.1) is 43.1 Å². The van der Waals surface area contributed by atoms with Crippen molar-refractivity contribution in [3.63, 3.8) is 0 Å². The highest BCUT2D eigenvalue weighted by atomic mass is 35.5. The highest BCUT2D eigenvalue weighted by Gasteiger charge is 2.41. The fourth-order valence-corrected chi connectivity index (χ4v) is 4.55. The summed E-state index contributed by atoms with van der Waals surface area (Å²) >= 11 is 13.7. The quantitative estimate of drug-likeness (QED) is 0.755. The summed E-state index contributed by atoms with van der Waals surface area (Å²) in [7, 11) is 4.06. The number of rotatable bonds is 6. The summed E-state index contributed by atoms with van der Waals surface area (Å²) in [6.45, 7) is 3.43. The molecule has 1 aliphatic rings. The largest absolute Gasteiger partial charge is 0.349 e. The first-order chi connectivity index (χ1) is 11.8. The number of nitrogens with zero attached hydrogens (tertiary/aromatic N) is 1. The van der Waals surface area contributed by atoms with Crippen LogP contribution in [-0.4, -0.2) is 61.1 Å². The van der Waals surface area contributed by atoms with Gasteiger partial charge in [-0.05, 0) is 24.6 Å². The van der Waals surface area contributed by atoms with Gasteiger partial charge < -0.3 is 15.1 Å². The fraction of sp³-hybridized carbons (Fsp3) is 0.529.